The molecular weight excluding hydrogens is 315 g/mol. The highest BCUT2D eigenvalue weighted by molar-refractivity contribution is 8.00. The van der Waals surface area contributed by atoms with Gasteiger partial charge in [-0.25, -0.2) is 0 Å². The summed E-state index contributed by atoms with van der Waals surface area (Å²) in [4.78, 5) is 13.0. The molecule has 0 spiro atoms. The fourth-order valence-electron chi connectivity index (χ4n) is 1.62. The topological polar surface area (TPSA) is 26.3 Å². The molecule has 0 atom stereocenters. The van der Waals surface area contributed by atoms with Crippen molar-refractivity contribution in [1.29, 1.82) is 0 Å². The maximum absolute atomic E-state index is 12.1. The Labute approximate surface area is 132 Å². The molecule has 0 unspecified atom stereocenters. The van der Waals surface area contributed by atoms with Crippen LogP contribution in [0.1, 0.15) is 10.4 Å². The molecule has 0 heterocycles. The average Bonchev–Trinajstić information content (AvgIpc) is 2.46. The standard InChI is InChI=1S/C15H12Cl2O2S/c1-19-14-8-10(6-7-11(14)16)13(18)9-20-15-5-3-2-4-12(15)17/h2-8H,9H2,1H3. The molecule has 0 saturated heterocycles. The summed E-state index contributed by atoms with van der Waals surface area (Å²) >= 11 is 13.4. The number of Topliss-reactive ketones (excluding diaryl/α,β-unsaturated/α-hetero) is 1. The summed E-state index contributed by atoms with van der Waals surface area (Å²) in [6, 6.07) is 12.5. The van der Waals surface area contributed by atoms with Gasteiger partial charge in [-0.15, -0.1) is 11.8 Å². The molecule has 2 rings (SSSR count). The Kier molecular flexibility index (Phi) is 5.35. The Morgan fingerprint density at radius 3 is 2.60 bits per heavy atom. The number of carbonyl (C=O) groups excluding carboxylic acids is 1. The lowest BCUT2D eigenvalue weighted by Crippen LogP contribution is -2.02. The van der Waals surface area contributed by atoms with Gasteiger partial charge in [0.2, 0.25) is 0 Å². The van der Waals surface area contributed by atoms with E-state index in [1.165, 1.54) is 18.9 Å². The second kappa shape index (κ2) is 7.02. The Morgan fingerprint density at radius 1 is 1.15 bits per heavy atom. The van der Waals surface area contributed by atoms with Crippen LogP contribution in [-0.2, 0) is 0 Å². The van der Waals surface area contributed by atoms with Gasteiger partial charge in [0.05, 0.1) is 22.9 Å². The van der Waals surface area contributed by atoms with Gasteiger partial charge in [0.25, 0.3) is 0 Å². The highest BCUT2D eigenvalue weighted by Crippen LogP contribution is 2.29. The predicted molar refractivity (Wildman–Crippen MR) is 84.5 cm³/mol. The van der Waals surface area contributed by atoms with Crippen molar-refractivity contribution in [2.24, 2.45) is 0 Å². The van der Waals surface area contributed by atoms with Crippen molar-refractivity contribution in [2.45, 2.75) is 4.90 Å². The van der Waals surface area contributed by atoms with Gasteiger partial charge in [-0.1, -0.05) is 35.3 Å². The zero-order valence-electron chi connectivity index (χ0n) is 10.7. The molecule has 2 aromatic rings. The van der Waals surface area contributed by atoms with E-state index in [0.29, 0.717) is 27.1 Å². The number of ether oxygens (including phenoxy) is 1. The van der Waals surface area contributed by atoms with E-state index in [2.05, 4.69) is 0 Å². The first-order chi connectivity index (χ1) is 9.61. The summed E-state index contributed by atoms with van der Waals surface area (Å²) in [5, 5.41) is 1.14. The molecule has 0 N–H and O–H groups in total. The first-order valence-corrected chi connectivity index (χ1v) is 7.60. The second-order valence-electron chi connectivity index (χ2n) is 3.99. The van der Waals surface area contributed by atoms with Crippen LogP contribution >= 0.6 is 35.0 Å². The van der Waals surface area contributed by atoms with Gasteiger partial charge in [-0.05, 0) is 30.3 Å². The minimum atomic E-state index is 0.00452. The number of carbonyl (C=O) groups is 1. The van der Waals surface area contributed by atoms with Crippen LogP contribution in [0.4, 0.5) is 0 Å². The molecule has 20 heavy (non-hydrogen) atoms. The van der Waals surface area contributed by atoms with Gasteiger partial charge in [-0.2, -0.15) is 0 Å². The Bertz CT molecular complexity index is 629. The molecule has 0 saturated carbocycles. The summed E-state index contributed by atoms with van der Waals surface area (Å²) in [6.07, 6.45) is 0. The molecule has 2 nitrogen and oxygen atoms in total. The number of hydrogen-bond acceptors (Lipinski definition) is 3. The Hall–Kier alpha value is -1.16. The molecule has 0 amide bonds. The van der Waals surface area contributed by atoms with Crippen molar-refractivity contribution in [3.8, 4) is 5.75 Å². The monoisotopic (exact) mass is 326 g/mol. The van der Waals surface area contributed by atoms with Gasteiger partial charge < -0.3 is 4.74 Å². The number of benzene rings is 2. The van der Waals surface area contributed by atoms with E-state index in [-0.39, 0.29) is 5.78 Å². The van der Waals surface area contributed by atoms with Crippen molar-refractivity contribution in [1.82, 2.24) is 0 Å². The third-order valence-corrected chi connectivity index (χ3v) is 4.50. The third kappa shape index (κ3) is 3.69. The van der Waals surface area contributed by atoms with Gasteiger partial charge in [0.1, 0.15) is 5.75 Å². The lowest BCUT2D eigenvalue weighted by Gasteiger charge is -2.06. The largest absolute Gasteiger partial charge is 0.495 e. The number of rotatable bonds is 5. The van der Waals surface area contributed by atoms with Gasteiger partial charge in [-0.3, -0.25) is 4.79 Å². The van der Waals surface area contributed by atoms with Crippen molar-refractivity contribution in [3.63, 3.8) is 0 Å². The summed E-state index contributed by atoms with van der Waals surface area (Å²) in [5.41, 5.74) is 0.575. The van der Waals surface area contributed by atoms with Crippen LogP contribution in [0.3, 0.4) is 0 Å². The minimum absolute atomic E-state index is 0.00452. The van der Waals surface area contributed by atoms with E-state index < -0.39 is 0 Å². The molecule has 0 aliphatic rings. The summed E-state index contributed by atoms with van der Waals surface area (Å²) < 4.78 is 5.11. The number of hydrogen-bond donors (Lipinski definition) is 0. The van der Waals surface area contributed by atoms with Crippen LogP contribution < -0.4 is 4.74 Å². The maximum Gasteiger partial charge on any atom is 0.173 e. The van der Waals surface area contributed by atoms with Crippen molar-refractivity contribution in [3.05, 3.63) is 58.1 Å². The molecule has 0 radical (unpaired) electrons. The van der Waals surface area contributed by atoms with Crippen molar-refractivity contribution >= 4 is 40.7 Å². The first-order valence-electron chi connectivity index (χ1n) is 5.86. The molecule has 0 aliphatic carbocycles. The average molecular weight is 327 g/mol. The lowest BCUT2D eigenvalue weighted by molar-refractivity contribution is 0.102. The molecule has 0 fully saturated rings. The highest BCUT2D eigenvalue weighted by atomic mass is 35.5. The molecule has 0 aliphatic heterocycles. The van der Waals surface area contributed by atoms with Crippen LogP contribution in [0.5, 0.6) is 5.75 Å². The molecular formula is C15H12Cl2O2S. The summed E-state index contributed by atoms with van der Waals surface area (Å²) in [6.45, 7) is 0. The number of methoxy groups -OCH3 is 1. The first kappa shape index (κ1) is 15.2. The van der Waals surface area contributed by atoms with E-state index in [9.17, 15) is 4.79 Å². The third-order valence-electron chi connectivity index (χ3n) is 2.67. The van der Waals surface area contributed by atoms with Crippen LogP contribution in [-0.4, -0.2) is 18.6 Å². The van der Waals surface area contributed by atoms with Gasteiger partial charge in [0, 0.05) is 10.5 Å². The minimum Gasteiger partial charge on any atom is -0.495 e. The Balaban J connectivity index is 2.07. The molecule has 104 valence electrons. The maximum atomic E-state index is 12.1. The Morgan fingerprint density at radius 2 is 1.90 bits per heavy atom. The zero-order valence-corrected chi connectivity index (χ0v) is 13.1. The predicted octanol–water partition coefficient (Wildman–Crippen LogP) is 4.98. The van der Waals surface area contributed by atoms with E-state index in [0.717, 1.165) is 4.90 Å². The quantitative estimate of drug-likeness (QED) is 0.572. The SMILES string of the molecule is COc1cc(C(=O)CSc2ccccc2Cl)ccc1Cl. The van der Waals surface area contributed by atoms with E-state index in [1.54, 1.807) is 24.3 Å². The van der Waals surface area contributed by atoms with Crippen molar-refractivity contribution < 1.29 is 9.53 Å². The zero-order chi connectivity index (χ0) is 14.5. The molecule has 0 aromatic heterocycles. The fourth-order valence-corrected chi connectivity index (χ4v) is 2.95. The van der Waals surface area contributed by atoms with E-state index >= 15 is 0 Å². The van der Waals surface area contributed by atoms with Crippen molar-refractivity contribution in [2.75, 3.05) is 12.9 Å². The number of ketones is 1. The number of thioether (sulfide) groups is 1. The lowest BCUT2D eigenvalue weighted by atomic mass is 10.1. The normalized spacial score (nSPS) is 10.3. The molecule has 2 aromatic carbocycles. The van der Waals surface area contributed by atoms with Crippen LogP contribution in [0, 0.1) is 0 Å². The summed E-state index contributed by atoms with van der Waals surface area (Å²) in [5.74, 6) is 0.819. The molecule has 5 heteroatoms. The summed E-state index contributed by atoms with van der Waals surface area (Å²) in [7, 11) is 1.52. The highest BCUT2D eigenvalue weighted by Gasteiger charge is 2.11. The van der Waals surface area contributed by atoms with Crippen LogP contribution in [0.15, 0.2) is 47.4 Å². The fraction of sp³-hybridized carbons (Fsp3) is 0.133. The van der Waals surface area contributed by atoms with Gasteiger partial charge in [0.15, 0.2) is 5.78 Å². The van der Waals surface area contributed by atoms with E-state index in [4.69, 9.17) is 27.9 Å². The molecule has 0 bridgehead atoms. The van der Waals surface area contributed by atoms with E-state index in [1.807, 2.05) is 18.2 Å². The second-order valence-corrected chi connectivity index (χ2v) is 5.82. The van der Waals surface area contributed by atoms with Gasteiger partial charge >= 0.3 is 0 Å². The number of halogens is 2. The van der Waals surface area contributed by atoms with Crippen LogP contribution in [0.25, 0.3) is 0 Å². The smallest absolute Gasteiger partial charge is 0.173 e. The van der Waals surface area contributed by atoms with Crippen LogP contribution in [0.2, 0.25) is 10.0 Å².